The maximum absolute atomic E-state index is 10.6. The average Bonchev–Trinajstić information content (AvgIpc) is 3.06. The summed E-state index contributed by atoms with van der Waals surface area (Å²) in [5, 5.41) is 0. The van der Waals surface area contributed by atoms with E-state index in [0.29, 0.717) is 25.6 Å². The van der Waals surface area contributed by atoms with E-state index in [-0.39, 0.29) is 10.8 Å². The lowest BCUT2D eigenvalue weighted by atomic mass is 9.59. The number of fused-ring (bicyclic) bond motifs is 2. The number of rotatable bonds is 9. The van der Waals surface area contributed by atoms with Crippen molar-refractivity contribution in [3.05, 3.63) is 0 Å². The van der Waals surface area contributed by atoms with E-state index in [0.717, 1.165) is 38.5 Å². The first-order valence-corrected chi connectivity index (χ1v) is 7.83. The third kappa shape index (κ3) is 3.15. The Bertz CT molecular complexity index is 545. The van der Waals surface area contributed by atoms with Crippen molar-refractivity contribution in [3.63, 3.8) is 0 Å². The zero-order valence-electron chi connectivity index (χ0n) is 12.7. The van der Waals surface area contributed by atoms with Gasteiger partial charge in [0.05, 0.1) is 19.6 Å². The second-order valence-electron chi connectivity index (χ2n) is 6.58. The SMILES string of the molecule is O=C=NCCCC1(CN=C=O)CC2CCC1(CCN=C=O)C2. The molecule has 0 amide bonds. The van der Waals surface area contributed by atoms with Crippen LogP contribution in [0.1, 0.15) is 44.9 Å². The molecule has 0 N–H and O–H groups in total. The van der Waals surface area contributed by atoms with E-state index in [4.69, 9.17) is 0 Å². The lowest BCUT2D eigenvalue weighted by Gasteiger charge is -2.46. The summed E-state index contributed by atoms with van der Waals surface area (Å²) < 4.78 is 0. The van der Waals surface area contributed by atoms with Gasteiger partial charge in [0.1, 0.15) is 0 Å². The molecule has 0 heterocycles. The van der Waals surface area contributed by atoms with E-state index < -0.39 is 0 Å². The van der Waals surface area contributed by atoms with Crippen molar-refractivity contribution in [1.29, 1.82) is 0 Å². The Labute approximate surface area is 129 Å². The summed E-state index contributed by atoms with van der Waals surface area (Å²) in [5.41, 5.74) is 0.0351. The highest BCUT2D eigenvalue weighted by molar-refractivity contribution is 5.34. The van der Waals surface area contributed by atoms with E-state index in [1.165, 1.54) is 6.42 Å². The van der Waals surface area contributed by atoms with Crippen LogP contribution in [0.25, 0.3) is 0 Å². The van der Waals surface area contributed by atoms with Crippen LogP contribution in [0.5, 0.6) is 0 Å². The summed E-state index contributed by atoms with van der Waals surface area (Å²) >= 11 is 0. The first kappa shape index (κ1) is 16.5. The van der Waals surface area contributed by atoms with E-state index in [9.17, 15) is 14.4 Å². The summed E-state index contributed by atoms with van der Waals surface area (Å²) in [4.78, 5) is 42.4. The van der Waals surface area contributed by atoms with Crippen LogP contribution in [-0.4, -0.2) is 37.9 Å². The summed E-state index contributed by atoms with van der Waals surface area (Å²) in [7, 11) is 0. The van der Waals surface area contributed by atoms with Crippen LogP contribution < -0.4 is 0 Å². The van der Waals surface area contributed by atoms with E-state index in [1.54, 1.807) is 18.2 Å². The van der Waals surface area contributed by atoms with Gasteiger partial charge in [0.2, 0.25) is 18.2 Å². The summed E-state index contributed by atoms with van der Waals surface area (Å²) in [5.74, 6) is 0.664. The first-order chi connectivity index (χ1) is 10.7. The van der Waals surface area contributed by atoms with Gasteiger partial charge in [-0.25, -0.2) is 29.4 Å². The molecule has 22 heavy (non-hydrogen) atoms. The van der Waals surface area contributed by atoms with Crippen LogP contribution in [0.4, 0.5) is 0 Å². The van der Waals surface area contributed by atoms with Gasteiger partial charge < -0.3 is 0 Å². The normalized spacial score (nSPS) is 31.9. The third-order valence-electron chi connectivity index (χ3n) is 5.72. The summed E-state index contributed by atoms with van der Waals surface area (Å²) in [6.07, 6.45) is 11.8. The minimum absolute atomic E-state index is 0.0515. The fourth-order valence-corrected chi connectivity index (χ4v) is 4.87. The summed E-state index contributed by atoms with van der Waals surface area (Å²) in [6.45, 7) is 1.42. The van der Waals surface area contributed by atoms with Gasteiger partial charge in [-0.05, 0) is 61.7 Å². The molecular formula is C16H21N3O3. The maximum Gasteiger partial charge on any atom is 0.234 e. The predicted molar refractivity (Wildman–Crippen MR) is 79.6 cm³/mol. The van der Waals surface area contributed by atoms with E-state index in [1.807, 2.05) is 0 Å². The molecule has 3 atom stereocenters. The molecule has 2 aliphatic rings. The van der Waals surface area contributed by atoms with Crippen molar-refractivity contribution in [2.24, 2.45) is 31.7 Å². The van der Waals surface area contributed by atoms with Gasteiger partial charge in [0, 0.05) is 0 Å². The fourth-order valence-electron chi connectivity index (χ4n) is 4.87. The highest BCUT2D eigenvalue weighted by atomic mass is 16.1. The van der Waals surface area contributed by atoms with Gasteiger partial charge in [-0.1, -0.05) is 0 Å². The van der Waals surface area contributed by atoms with Crippen molar-refractivity contribution in [1.82, 2.24) is 0 Å². The molecule has 0 saturated heterocycles. The molecule has 0 aromatic heterocycles. The molecule has 2 saturated carbocycles. The molecule has 0 radical (unpaired) electrons. The predicted octanol–water partition coefficient (Wildman–Crippen LogP) is 2.34. The number of nitrogens with zero attached hydrogens (tertiary/aromatic N) is 3. The molecule has 2 bridgehead atoms. The van der Waals surface area contributed by atoms with Crippen LogP contribution in [0.2, 0.25) is 0 Å². The highest BCUT2D eigenvalue weighted by Gasteiger charge is 2.60. The van der Waals surface area contributed by atoms with Gasteiger partial charge in [0.15, 0.2) is 0 Å². The van der Waals surface area contributed by atoms with Crippen LogP contribution in [0.3, 0.4) is 0 Å². The number of aliphatic imine (C=N–C) groups is 3. The molecule has 6 heteroatoms. The maximum atomic E-state index is 10.6. The highest BCUT2D eigenvalue weighted by Crippen LogP contribution is 2.67. The van der Waals surface area contributed by atoms with Gasteiger partial charge in [-0.3, -0.25) is 0 Å². The Morgan fingerprint density at radius 3 is 2.32 bits per heavy atom. The smallest absolute Gasteiger partial charge is 0.211 e. The van der Waals surface area contributed by atoms with Gasteiger partial charge >= 0.3 is 0 Å². The first-order valence-electron chi connectivity index (χ1n) is 7.83. The molecule has 6 nitrogen and oxygen atoms in total. The molecule has 0 aliphatic heterocycles. The van der Waals surface area contributed by atoms with Crippen molar-refractivity contribution < 1.29 is 14.4 Å². The molecule has 118 valence electrons. The number of hydrogen-bond acceptors (Lipinski definition) is 6. The van der Waals surface area contributed by atoms with Crippen LogP contribution in [0, 0.1) is 16.7 Å². The fraction of sp³-hybridized carbons (Fsp3) is 0.812. The summed E-state index contributed by atoms with van der Waals surface area (Å²) in [6, 6.07) is 0. The Morgan fingerprint density at radius 1 is 0.909 bits per heavy atom. The van der Waals surface area contributed by atoms with Crippen molar-refractivity contribution in [2.45, 2.75) is 44.9 Å². The van der Waals surface area contributed by atoms with Gasteiger partial charge in [-0.2, -0.15) is 0 Å². The van der Waals surface area contributed by atoms with Gasteiger partial charge in [-0.15, -0.1) is 0 Å². The Balaban J connectivity index is 2.18. The van der Waals surface area contributed by atoms with Crippen molar-refractivity contribution >= 4 is 18.2 Å². The number of carbonyl (C=O) groups excluding carboxylic acids is 3. The molecule has 0 spiro atoms. The minimum Gasteiger partial charge on any atom is -0.211 e. The van der Waals surface area contributed by atoms with Crippen LogP contribution in [0.15, 0.2) is 15.0 Å². The largest absolute Gasteiger partial charge is 0.234 e. The van der Waals surface area contributed by atoms with E-state index in [2.05, 4.69) is 15.0 Å². The van der Waals surface area contributed by atoms with Crippen LogP contribution in [-0.2, 0) is 14.4 Å². The molecule has 2 fully saturated rings. The van der Waals surface area contributed by atoms with Crippen molar-refractivity contribution in [2.75, 3.05) is 19.6 Å². The minimum atomic E-state index is -0.0515. The van der Waals surface area contributed by atoms with Crippen LogP contribution >= 0.6 is 0 Å². The third-order valence-corrected chi connectivity index (χ3v) is 5.72. The Kier molecular flexibility index (Phi) is 5.57. The lowest BCUT2D eigenvalue weighted by Crippen LogP contribution is -2.41. The molecule has 2 rings (SSSR count). The molecular weight excluding hydrogens is 282 g/mol. The Hall–Kier alpha value is -1.86. The van der Waals surface area contributed by atoms with E-state index >= 15 is 0 Å². The second kappa shape index (κ2) is 7.42. The van der Waals surface area contributed by atoms with Gasteiger partial charge in [0.25, 0.3) is 0 Å². The zero-order valence-corrected chi connectivity index (χ0v) is 12.7. The number of isocyanates is 3. The molecule has 0 aromatic carbocycles. The molecule has 3 unspecified atom stereocenters. The zero-order chi connectivity index (χ0) is 15.9. The quantitative estimate of drug-likeness (QED) is 0.372. The topological polar surface area (TPSA) is 88.3 Å². The Morgan fingerprint density at radius 2 is 1.64 bits per heavy atom. The average molecular weight is 303 g/mol. The second-order valence-corrected chi connectivity index (χ2v) is 6.58. The van der Waals surface area contributed by atoms with Crippen molar-refractivity contribution in [3.8, 4) is 0 Å². The molecule has 2 aliphatic carbocycles. The standard InChI is InChI=1S/C16H21N3O3/c20-11-17-6-1-3-16(10-19-13-22)9-14-2-4-15(16,8-14)5-7-18-12-21/h14H,1-10H2. The number of hydrogen-bond donors (Lipinski definition) is 0. The monoisotopic (exact) mass is 303 g/mol. The lowest BCUT2D eigenvalue weighted by molar-refractivity contribution is 0.0437. The molecule has 0 aromatic rings.